The molecule has 0 aliphatic rings. The molecule has 0 aliphatic heterocycles. The summed E-state index contributed by atoms with van der Waals surface area (Å²) in [6, 6.07) is 0. The lowest BCUT2D eigenvalue weighted by molar-refractivity contribution is -0.304. The first kappa shape index (κ1) is 14.0. The van der Waals surface area contributed by atoms with E-state index in [0.29, 0.717) is 12.8 Å². The van der Waals surface area contributed by atoms with Crippen molar-refractivity contribution in [2.45, 2.75) is 26.2 Å². The van der Waals surface area contributed by atoms with Gasteiger partial charge < -0.3 is 19.5 Å². The van der Waals surface area contributed by atoms with Crippen LogP contribution >= 0.6 is 0 Å². The van der Waals surface area contributed by atoms with E-state index in [1.807, 2.05) is 0 Å². The van der Waals surface area contributed by atoms with Gasteiger partial charge in [-0.2, -0.15) is 0 Å². The van der Waals surface area contributed by atoms with Gasteiger partial charge in [0.25, 0.3) is 0 Å². The molecule has 0 unspecified atom stereocenters. The highest BCUT2D eigenvalue weighted by Gasteiger charge is 1.88. The van der Waals surface area contributed by atoms with Crippen molar-refractivity contribution in [1.82, 2.24) is 0 Å². The van der Waals surface area contributed by atoms with Crippen molar-refractivity contribution in [3.05, 3.63) is 0 Å². The molecule has 0 atom stereocenters. The van der Waals surface area contributed by atoms with E-state index in [9.17, 15) is 24.3 Å². The second-order valence-corrected chi connectivity index (χ2v) is 2.16. The zero-order valence-electron chi connectivity index (χ0n) is 7.32. The molecule has 0 saturated carbocycles. The van der Waals surface area contributed by atoms with Gasteiger partial charge in [0.2, 0.25) is 0 Å². The zero-order chi connectivity index (χ0) is 10.7. The van der Waals surface area contributed by atoms with Crippen LogP contribution in [0.2, 0.25) is 0 Å². The quantitative estimate of drug-likeness (QED) is 0.309. The van der Waals surface area contributed by atoms with Crippen molar-refractivity contribution in [2.75, 3.05) is 0 Å². The number of carbonyl (C=O) groups excluding carboxylic acids is 4. The summed E-state index contributed by atoms with van der Waals surface area (Å²) in [5, 5.41) is 9.48. The zero-order valence-corrected chi connectivity index (χ0v) is 7.32. The van der Waals surface area contributed by atoms with Crippen molar-refractivity contribution >= 4 is 24.3 Å². The molecule has 0 saturated heterocycles. The van der Waals surface area contributed by atoms with E-state index < -0.39 is 12.4 Å². The minimum atomic E-state index is -1.31. The number of aliphatic carboxylic acids is 1. The Bertz CT molecular complexity index is 165. The third-order valence-corrected chi connectivity index (χ3v) is 0.796. The van der Waals surface area contributed by atoms with Crippen LogP contribution in [0.15, 0.2) is 0 Å². The number of carboxylic acids is 1. The molecule has 0 aromatic heterocycles. The van der Waals surface area contributed by atoms with Gasteiger partial charge >= 0.3 is 0 Å². The first-order chi connectivity index (χ1) is 6.04. The SMILES string of the molecule is CC(=O)CC(=O)[O-].O=CCCC=O. The van der Waals surface area contributed by atoms with Gasteiger partial charge in [-0.3, -0.25) is 4.79 Å². The molecule has 0 fully saturated rings. The number of aldehydes is 2. The highest BCUT2D eigenvalue weighted by Crippen LogP contribution is 1.74. The molecule has 13 heavy (non-hydrogen) atoms. The van der Waals surface area contributed by atoms with Gasteiger partial charge in [-0.1, -0.05) is 0 Å². The predicted molar refractivity (Wildman–Crippen MR) is 41.7 cm³/mol. The third kappa shape index (κ3) is 25.1. The van der Waals surface area contributed by atoms with E-state index in [1.165, 1.54) is 6.92 Å². The number of unbranched alkanes of at least 4 members (excludes halogenated alkanes) is 1. The van der Waals surface area contributed by atoms with Gasteiger partial charge in [-0.05, 0) is 6.92 Å². The Morgan fingerprint density at radius 1 is 1.15 bits per heavy atom. The minimum Gasteiger partial charge on any atom is -0.550 e. The van der Waals surface area contributed by atoms with Crippen LogP contribution in [0.3, 0.4) is 0 Å². The van der Waals surface area contributed by atoms with Crippen molar-refractivity contribution in [1.29, 1.82) is 0 Å². The number of carboxylic acid groups (broad SMARTS) is 1. The fraction of sp³-hybridized carbons (Fsp3) is 0.500. The first-order valence-corrected chi connectivity index (χ1v) is 3.61. The van der Waals surface area contributed by atoms with Gasteiger partial charge in [0.15, 0.2) is 0 Å². The Hall–Kier alpha value is -1.52. The smallest absolute Gasteiger partial charge is 0.135 e. The summed E-state index contributed by atoms with van der Waals surface area (Å²) >= 11 is 0. The predicted octanol–water partition coefficient (Wildman–Crippen LogP) is -1.12. The number of hydrogen-bond acceptors (Lipinski definition) is 5. The molecule has 0 bridgehead atoms. The Kier molecular flexibility index (Phi) is 11.3. The second kappa shape index (κ2) is 10.5. The normalized spacial score (nSPS) is 7.77. The number of hydrogen-bond donors (Lipinski definition) is 0. The maximum atomic E-state index is 9.83. The van der Waals surface area contributed by atoms with Crippen LogP contribution in [0.1, 0.15) is 26.2 Å². The molecule has 5 heteroatoms. The molecule has 0 heterocycles. The van der Waals surface area contributed by atoms with Gasteiger partial charge in [-0.15, -0.1) is 0 Å². The molecule has 0 spiro atoms. The molecule has 0 rings (SSSR count). The monoisotopic (exact) mass is 187 g/mol. The molecule has 0 aromatic carbocycles. The van der Waals surface area contributed by atoms with Crippen LogP contribution in [0.25, 0.3) is 0 Å². The van der Waals surface area contributed by atoms with Crippen LogP contribution in [0.5, 0.6) is 0 Å². The third-order valence-electron chi connectivity index (χ3n) is 0.796. The van der Waals surface area contributed by atoms with Crippen molar-refractivity contribution in [3.63, 3.8) is 0 Å². The number of rotatable bonds is 5. The van der Waals surface area contributed by atoms with E-state index in [1.54, 1.807) is 0 Å². The standard InChI is InChI=1S/C4H6O3.C4H6O2/c1-3(5)2-4(6)7;5-3-1-2-4-6/h2H2,1H3,(H,6,7);3-4H,1-2H2/p-1. The lowest BCUT2D eigenvalue weighted by Gasteiger charge is -1.92. The summed E-state index contributed by atoms with van der Waals surface area (Å²) in [6.45, 7) is 1.20. The number of Topliss-reactive ketones (excluding diaryl/α,β-unsaturated/α-hetero) is 1. The highest BCUT2D eigenvalue weighted by molar-refractivity contribution is 5.92. The Labute approximate surface area is 75.7 Å². The van der Waals surface area contributed by atoms with E-state index in [0.717, 1.165) is 12.6 Å². The molecular formula is C8H11O5-. The van der Waals surface area contributed by atoms with E-state index in [4.69, 9.17) is 0 Å². The highest BCUT2D eigenvalue weighted by atomic mass is 16.4. The van der Waals surface area contributed by atoms with Gasteiger partial charge in [-0.25, -0.2) is 0 Å². The van der Waals surface area contributed by atoms with Crippen LogP contribution in [0.4, 0.5) is 0 Å². The largest absolute Gasteiger partial charge is 0.550 e. The molecule has 0 N–H and O–H groups in total. The summed E-state index contributed by atoms with van der Waals surface area (Å²) in [7, 11) is 0. The fourth-order valence-corrected chi connectivity index (χ4v) is 0.339. The van der Waals surface area contributed by atoms with Crippen LogP contribution in [0, 0.1) is 0 Å². The lowest BCUT2D eigenvalue weighted by atomic mass is 10.3. The molecular weight excluding hydrogens is 176 g/mol. The summed E-state index contributed by atoms with van der Waals surface area (Å²) in [5.74, 6) is -1.69. The van der Waals surface area contributed by atoms with Gasteiger partial charge in [0.1, 0.15) is 18.4 Å². The van der Waals surface area contributed by atoms with E-state index in [2.05, 4.69) is 0 Å². The maximum absolute atomic E-state index is 9.83. The summed E-state index contributed by atoms with van der Waals surface area (Å²) in [5.41, 5.74) is 0. The summed E-state index contributed by atoms with van der Waals surface area (Å²) < 4.78 is 0. The maximum Gasteiger partial charge on any atom is 0.135 e. The van der Waals surface area contributed by atoms with Crippen molar-refractivity contribution in [2.24, 2.45) is 0 Å². The summed E-state index contributed by atoms with van der Waals surface area (Å²) in [6.07, 6.45) is 1.72. The van der Waals surface area contributed by atoms with Crippen molar-refractivity contribution in [3.8, 4) is 0 Å². The van der Waals surface area contributed by atoms with Gasteiger partial charge in [0, 0.05) is 25.2 Å². The number of carbonyl (C=O) groups is 4. The van der Waals surface area contributed by atoms with E-state index in [-0.39, 0.29) is 5.78 Å². The Morgan fingerprint density at radius 2 is 1.54 bits per heavy atom. The Morgan fingerprint density at radius 3 is 1.62 bits per heavy atom. The fourth-order valence-electron chi connectivity index (χ4n) is 0.339. The molecule has 0 aliphatic carbocycles. The first-order valence-electron chi connectivity index (χ1n) is 3.61. The van der Waals surface area contributed by atoms with Crippen LogP contribution < -0.4 is 5.11 Å². The number of ketones is 1. The summed E-state index contributed by atoms with van der Waals surface area (Å²) in [4.78, 5) is 38.1. The minimum absolute atomic E-state index is 0.365. The molecule has 0 amide bonds. The molecule has 5 nitrogen and oxygen atoms in total. The van der Waals surface area contributed by atoms with Crippen LogP contribution in [-0.2, 0) is 19.2 Å². The lowest BCUT2D eigenvalue weighted by Crippen LogP contribution is -2.24. The Balaban J connectivity index is 0. The topological polar surface area (TPSA) is 91.3 Å². The van der Waals surface area contributed by atoms with E-state index >= 15 is 0 Å². The molecule has 0 aromatic rings. The molecule has 74 valence electrons. The second-order valence-electron chi connectivity index (χ2n) is 2.16. The van der Waals surface area contributed by atoms with Crippen LogP contribution in [-0.4, -0.2) is 24.3 Å². The average Bonchev–Trinajstić information content (AvgIpc) is 1.99. The van der Waals surface area contributed by atoms with Gasteiger partial charge in [0.05, 0.1) is 0 Å². The van der Waals surface area contributed by atoms with Crippen molar-refractivity contribution < 1.29 is 24.3 Å². The average molecular weight is 187 g/mol. The molecule has 0 radical (unpaired) electrons.